The Labute approximate surface area is 220 Å². The molecular weight excluding hydrogens is 491 g/mol. The fraction of sp³-hybridized carbons (Fsp3) is 0.310. The largest absolute Gasteiger partial charge is 0.449 e. The lowest BCUT2D eigenvalue weighted by molar-refractivity contribution is 0.0184. The summed E-state index contributed by atoms with van der Waals surface area (Å²) in [5.41, 5.74) is 3.54. The van der Waals surface area contributed by atoms with Crippen LogP contribution in [0.5, 0.6) is 0 Å². The van der Waals surface area contributed by atoms with E-state index in [1.165, 1.54) is 12.1 Å². The number of fused-ring (bicyclic) bond motifs is 3. The number of rotatable bonds is 7. The Morgan fingerprint density at radius 3 is 2.13 bits per heavy atom. The molecule has 0 bridgehead atoms. The van der Waals surface area contributed by atoms with E-state index in [0.717, 1.165) is 28.3 Å². The number of ether oxygens (including phenoxy) is 2. The van der Waals surface area contributed by atoms with Gasteiger partial charge in [-0.2, -0.15) is 0 Å². The molecule has 38 heavy (non-hydrogen) atoms. The Morgan fingerprint density at radius 2 is 1.55 bits per heavy atom. The van der Waals surface area contributed by atoms with Crippen LogP contribution in [0, 0.1) is 5.82 Å². The lowest BCUT2D eigenvalue weighted by Crippen LogP contribution is -2.36. The van der Waals surface area contributed by atoms with Crippen molar-refractivity contribution in [2.75, 3.05) is 18.5 Å². The van der Waals surface area contributed by atoms with E-state index in [4.69, 9.17) is 9.47 Å². The highest BCUT2D eigenvalue weighted by atomic mass is 19.1. The second kappa shape index (κ2) is 11.2. The second-order valence-corrected chi connectivity index (χ2v) is 10.1. The number of hydrogen-bond donors (Lipinski definition) is 4. The van der Waals surface area contributed by atoms with Gasteiger partial charge in [0.05, 0.1) is 5.69 Å². The minimum atomic E-state index is -1.49. The molecule has 2 unspecified atom stereocenters. The van der Waals surface area contributed by atoms with Gasteiger partial charge in [0.25, 0.3) is 0 Å². The zero-order chi connectivity index (χ0) is 27.4. The van der Waals surface area contributed by atoms with Crippen molar-refractivity contribution in [3.63, 3.8) is 0 Å². The van der Waals surface area contributed by atoms with Gasteiger partial charge in [0, 0.05) is 12.5 Å². The van der Waals surface area contributed by atoms with E-state index in [2.05, 4.69) is 10.6 Å². The maximum Gasteiger partial charge on any atom is 0.412 e. The van der Waals surface area contributed by atoms with Gasteiger partial charge in [-0.3, -0.25) is 5.32 Å². The summed E-state index contributed by atoms with van der Waals surface area (Å²) in [4.78, 5) is 24.2. The first-order valence-electron chi connectivity index (χ1n) is 12.3. The third-order valence-corrected chi connectivity index (χ3v) is 6.13. The van der Waals surface area contributed by atoms with Crippen molar-refractivity contribution < 1.29 is 33.7 Å². The first-order chi connectivity index (χ1) is 18.0. The molecule has 0 aromatic heterocycles. The lowest BCUT2D eigenvalue weighted by atomic mass is 9.98. The summed E-state index contributed by atoms with van der Waals surface area (Å²) < 4.78 is 25.0. The summed E-state index contributed by atoms with van der Waals surface area (Å²) in [5, 5.41) is 25.6. The van der Waals surface area contributed by atoms with Crippen LogP contribution < -0.4 is 10.6 Å². The molecule has 8 nitrogen and oxygen atoms in total. The number of anilines is 1. The summed E-state index contributed by atoms with van der Waals surface area (Å²) >= 11 is 0. The molecule has 0 radical (unpaired) electrons. The Kier molecular flexibility index (Phi) is 7.99. The van der Waals surface area contributed by atoms with Gasteiger partial charge in [-0.15, -0.1) is 0 Å². The number of amides is 2. The number of carbonyl (C=O) groups is 2. The standard InChI is InChI=1S/C29H31FN2O6/c1-29(2,3)38-28(36)32-24-13-12-17(14-23(24)30)26(34)25(33)15-31-27(35)37-16-22-20-10-6-4-8-18(20)19-9-5-7-11-21(19)22/h4-14,22,25-26,33-34H,15-16H2,1-3H3,(H,31,35)(H,32,36). The molecule has 0 fully saturated rings. The van der Waals surface area contributed by atoms with E-state index in [1.54, 1.807) is 20.8 Å². The number of halogens is 1. The van der Waals surface area contributed by atoms with Crippen LogP contribution in [0.25, 0.3) is 11.1 Å². The van der Waals surface area contributed by atoms with E-state index >= 15 is 0 Å². The minimum absolute atomic E-state index is 0.0686. The molecule has 200 valence electrons. The molecule has 2 amide bonds. The van der Waals surface area contributed by atoms with Gasteiger partial charge in [0.1, 0.15) is 30.2 Å². The molecule has 4 rings (SSSR count). The number of hydrogen-bond acceptors (Lipinski definition) is 6. The van der Waals surface area contributed by atoms with Crippen LogP contribution >= 0.6 is 0 Å². The number of benzene rings is 3. The van der Waals surface area contributed by atoms with Crippen LogP contribution in [-0.2, 0) is 9.47 Å². The predicted octanol–water partition coefficient (Wildman–Crippen LogP) is 5.11. The fourth-order valence-electron chi connectivity index (χ4n) is 4.40. The third-order valence-electron chi connectivity index (χ3n) is 6.13. The molecule has 1 aliphatic carbocycles. The van der Waals surface area contributed by atoms with Crippen LogP contribution in [0.2, 0.25) is 0 Å². The molecule has 0 aliphatic heterocycles. The summed E-state index contributed by atoms with van der Waals surface area (Å²) in [6.45, 7) is 4.83. The predicted molar refractivity (Wildman–Crippen MR) is 140 cm³/mol. The highest BCUT2D eigenvalue weighted by Crippen LogP contribution is 2.44. The smallest absolute Gasteiger partial charge is 0.412 e. The molecule has 0 heterocycles. The van der Waals surface area contributed by atoms with E-state index in [9.17, 15) is 24.2 Å². The lowest BCUT2D eigenvalue weighted by Gasteiger charge is -2.21. The van der Waals surface area contributed by atoms with Crippen molar-refractivity contribution in [3.05, 3.63) is 89.2 Å². The van der Waals surface area contributed by atoms with Crippen molar-refractivity contribution >= 4 is 17.9 Å². The van der Waals surface area contributed by atoms with Gasteiger partial charge in [-0.05, 0) is 60.7 Å². The maximum absolute atomic E-state index is 14.5. The average molecular weight is 523 g/mol. The monoisotopic (exact) mass is 522 g/mol. The molecule has 0 saturated heterocycles. The zero-order valence-electron chi connectivity index (χ0n) is 21.4. The number of aliphatic hydroxyl groups is 2. The molecule has 3 aromatic carbocycles. The topological polar surface area (TPSA) is 117 Å². The Balaban J connectivity index is 1.29. The van der Waals surface area contributed by atoms with E-state index in [0.29, 0.717) is 0 Å². The molecule has 3 aromatic rings. The molecule has 0 saturated carbocycles. The van der Waals surface area contributed by atoms with Crippen LogP contribution in [0.1, 0.15) is 49.5 Å². The van der Waals surface area contributed by atoms with Crippen LogP contribution in [-0.4, -0.2) is 47.3 Å². The van der Waals surface area contributed by atoms with Gasteiger partial charge in [-0.1, -0.05) is 54.6 Å². The summed E-state index contributed by atoms with van der Waals surface area (Å²) in [6.07, 6.45) is -4.49. The van der Waals surface area contributed by atoms with Crippen molar-refractivity contribution in [3.8, 4) is 11.1 Å². The Morgan fingerprint density at radius 1 is 0.947 bits per heavy atom. The van der Waals surface area contributed by atoms with E-state index < -0.39 is 35.8 Å². The molecule has 0 spiro atoms. The highest BCUT2D eigenvalue weighted by Gasteiger charge is 2.29. The van der Waals surface area contributed by atoms with Crippen molar-refractivity contribution in [1.82, 2.24) is 5.32 Å². The number of nitrogens with one attached hydrogen (secondary N) is 2. The maximum atomic E-state index is 14.5. The van der Waals surface area contributed by atoms with Gasteiger partial charge in [0.2, 0.25) is 0 Å². The van der Waals surface area contributed by atoms with Gasteiger partial charge >= 0.3 is 12.2 Å². The van der Waals surface area contributed by atoms with Crippen LogP contribution in [0.3, 0.4) is 0 Å². The molecule has 4 N–H and O–H groups in total. The summed E-state index contributed by atoms with van der Waals surface area (Å²) in [7, 11) is 0. The average Bonchev–Trinajstić information content (AvgIpc) is 3.19. The van der Waals surface area contributed by atoms with E-state index in [-0.39, 0.29) is 30.3 Å². The number of aliphatic hydroxyl groups excluding tert-OH is 2. The summed E-state index contributed by atoms with van der Waals surface area (Å²) in [5.74, 6) is -0.927. The van der Waals surface area contributed by atoms with Crippen molar-refractivity contribution in [1.29, 1.82) is 0 Å². The molecule has 9 heteroatoms. The van der Waals surface area contributed by atoms with Gasteiger partial charge in [-0.25, -0.2) is 14.0 Å². The second-order valence-electron chi connectivity index (χ2n) is 10.1. The quantitative estimate of drug-likeness (QED) is 0.343. The molecule has 1 aliphatic rings. The first-order valence-corrected chi connectivity index (χ1v) is 12.3. The van der Waals surface area contributed by atoms with Gasteiger partial charge < -0.3 is 25.0 Å². The highest BCUT2D eigenvalue weighted by molar-refractivity contribution is 5.85. The SMILES string of the molecule is CC(C)(C)OC(=O)Nc1ccc(C(O)C(O)CNC(=O)OCC2c3ccccc3-c3ccccc32)cc1F. The third kappa shape index (κ3) is 6.30. The molecule has 2 atom stereocenters. The minimum Gasteiger partial charge on any atom is -0.449 e. The van der Waals surface area contributed by atoms with Crippen molar-refractivity contribution in [2.24, 2.45) is 0 Å². The van der Waals surface area contributed by atoms with Crippen molar-refractivity contribution in [2.45, 2.75) is 44.5 Å². The fourth-order valence-corrected chi connectivity index (χ4v) is 4.40. The van der Waals surface area contributed by atoms with Crippen LogP contribution in [0.15, 0.2) is 66.7 Å². The Hall–Kier alpha value is -3.95. The first kappa shape index (κ1) is 27.1. The number of carbonyl (C=O) groups excluding carboxylic acids is 2. The van der Waals surface area contributed by atoms with Gasteiger partial charge in [0.15, 0.2) is 0 Å². The summed E-state index contributed by atoms with van der Waals surface area (Å²) in [6, 6.07) is 19.5. The van der Waals surface area contributed by atoms with E-state index in [1.807, 2.05) is 48.5 Å². The normalized spacial score (nSPS) is 14.2. The Bertz CT molecular complexity index is 1280. The molecular formula is C29H31FN2O6. The van der Waals surface area contributed by atoms with Crippen LogP contribution in [0.4, 0.5) is 19.7 Å². The number of alkyl carbamates (subject to hydrolysis) is 1. The zero-order valence-corrected chi connectivity index (χ0v) is 21.4.